The maximum absolute atomic E-state index is 12.3. The van der Waals surface area contributed by atoms with Crippen molar-refractivity contribution in [2.45, 2.75) is 32.1 Å². The minimum atomic E-state index is 0.0964. The molecule has 1 aliphatic carbocycles. The van der Waals surface area contributed by atoms with E-state index in [1.165, 1.54) is 30.4 Å². The van der Waals surface area contributed by atoms with E-state index in [-0.39, 0.29) is 5.91 Å². The zero-order valence-electron chi connectivity index (χ0n) is 13.2. The molecule has 0 bridgehead atoms. The molecular formula is C19H21N3O. The van der Waals surface area contributed by atoms with E-state index in [1.807, 2.05) is 17.0 Å². The third-order valence-electron chi connectivity index (χ3n) is 4.77. The summed E-state index contributed by atoms with van der Waals surface area (Å²) in [4.78, 5) is 18.6. The van der Waals surface area contributed by atoms with Gasteiger partial charge in [0.05, 0.1) is 5.56 Å². The molecule has 1 fully saturated rings. The maximum atomic E-state index is 12.3. The molecule has 1 saturated heterocycles. The first-order valence-electron chi connectivity index (χ1n) is 8.44. The fourth-order valence-corrected chi connectivity index (χ4v) is 3.49. The number of nitrogens with zero attached hydrogens (tertiary/aromatic N) is 2. The van der Waals surface area contributed by atoms with E-state index < -0.39 is 0 Å². The van der Waals surface area contributed by atoms with Crippen LogP contribution < -0.4 is 5.32 Å². The molecule has 4 nitrogen and oxygen atoms in total. The zero-order chi connectivity index (χ0) is 15.6. The largest absolute Gasteiger partial charge is 0.340 e. The molecule has 2 aromatic rings. The van der Waals surface area contributed by atoms with Crippen LogP contribution in [0.4, 0.5) is 11.5 Å². The first kappa shape index (κ1) is 14.2. The van der Waals surface area contributed by atoms with Crippen molar-refractivity contribution in [3.8, 4) is 0 Å². The second-order valence-electron chi connectivity index (χ2n) is 6.39. The Balaban J connectivity index is 1.46. The second-order valence-corrected chi connectivity index (χ2v) is 6.39. The lowest BCUT2D eigenvalue weighted by Crippen LogP contribution is -2.27. The van der Waals surface area contributed by atoms with Crippen LogP contribution in [0.2, 0.25) is 0 Å². The summed E-state index contributed by atoms with van der Waals surface area (Å²) in [5.41, 5.74) is 4.65. The van der Waals surface area contributed by atoms with E-state index in [1.54, 1.807) is 6.20 Å². The lowest BCUT2D eigenvalue weighted by atomic mass is 10.1. The monoisotopic (exact) mass is 307 g/mol. The topological polar surface area (TPSA) is 45.2 Å². The van der Waals surface area contributed by atoms with Crippen molar-refractivity contribution < 1.29 is 4.79 Å². The van der Waals surface area contributed by atoms with Crippen molar-refractivity contribution in [1.82, 2.24) is 9.88 Å². The number of aromatic nitrogens is 1. The number of likely N-dealkylation sites (tertiary alicyclic amines) is 1. The van der Waals surface area contributed by atoms with Crippen molar-refractivity contribution in [3.05, 3.63) is 53.2 Å². The molecule has 0 saturated carbocycles. The van der Waals surface area contributed by atoms with E-state index in [9.17, 15) is 4.79 Å². The van der Waals surface area contributed by atoms with Gasteiger partial charge in [0.25, 0.3) is 5.91 Å². The Morgan fingerprint density at radius 3 is 2.61 bits per heavy atom. The number of amides is 1. The van der Waals surface area contributed by atoms with Crippen molar-refractivity contribution in [1.29, 1.82) is 0 Å². The van der Waals surface area contributed by atoms with Gasteiger partial charge >= 0.3 is 0 Å². The molecule has 2 aliphatic rings. The highest BCUT2D eigenvalue weighted by Gasteiger charge is 2.19. The SMILES string of the molecule is O=C(c1ccc(Nc2ccc3c(c2)CCC3)nc1)N1CCCC1. The molecule has 1 amide bonds. The van der Waals surface area contributed by atoms with Crippen LogP contribution in [0.1, 0.15) is 40.7 Å². The molecule has 0 radical (unpaired) electrons. The number of hydrogen-bond donors (Lipinski definition) is 1. The smallest absolute Gasteiger partial charge is 0.255 e. The number of anilines is 2. The molecule has 118 valence electrons. The number of pyridine rings is 1. The fraction of sp³-hybridized carbons (Fsp3) is 0.368. The highest BCUT2D eigenvalue weighted by Crippen LogP contribution is 2.26. The quantitative estimate of drug-likeness (QED) is 0.943. The number of hydrogen-bond acceptors (Lipinski definition) is 3. The fourth-order valence-electron chi connectivity index (χ4n) is 3.49. The van der Waals surface area contributed by atoms with Gasteiger partial charge in [0.15, 0.2) is 0 Å². The van der Waals surface area contributed by atoms with Crippen LogP contribution in [0.5, 0.6) is 0 Å². The number of rotatable bonds is 3. The first-order valence-corrected chi connectivity index (χ1v) is 8.44. The Morgan fingerprint density at radius 2 is 1.83 bits per heavy atom. The third-order valence-corrected chi connectivity index (χ3v) is 4.77. The summed E-state index contributed by atoms with van der Waals surface area (Å²) in [7, 11) is 0. The van der Waals surface area contributed by atoms with E-state index in [2.05, 4.69) is 28.5 Å². The Morgan fingerprint density at radius 1 is 1.00 bits per heavy atom. The number of nitrogens with one attached hydrogen (secondary N) is 1. The van der Waals surface area contributed by atoms with E-state index in [4.69, 9.17) is 0 Å². The van der Waals surface area contributed by atoms with Crippen LogP contribution in [-0.4, -0.2) is 28.9 Å². The molecule has 2 heterocycles. The average Bonchev–Trinajstić information content (AvgIpc) is 3.26. The van der Waals surface area contributed by atoms with Gasteiger partial charge in [-0.05, 0) is 67.5 Å². The van der Waals surface area contributed by atoms with Crippen LogP contribution in [0.25, 0.3) is 0 Å². The van der Waals surface area contributed by atoms with Gasteiger partial charge in [-0.25, -0.2) is 4.98 Å². The van der Waals surface area contributed by atoms with Crippen LogP contribution in [-0.2, 0) is 12.8 Å². The molecule has 4 rings (SSSR count). The van der Waals surface area contributed by atoms with Crippen LogP contribution in [0, 0.1) is 0 Å². The van der Waals surface area contributed by atoms with Crippen molar-refractivity contribution >= 4 is 17.4 Å². The molecule has 0 spiro atoms. The van der Waals surface area contributed by atoms with Gasteiger partial charge in [-0.1, -0.05) is 6.07 Å². The molecule has 1 aromatic carbocycles. The van der Waals surface area contributed by atoms with Crippen molar-refractivity contribution in [2.24, 2.45) is 0 Å². The normalized spacial score (nSPS) is 16.4. The number of fused-ring (bicyclic) bond motifs is 1. The van der Waals surface area contributed by atoms with Gasteiger partial charge in [-0.3, -0.25) is 4.79 Å². The minimum absolute atomic E-state index is 0.0964. The van der Waals surface area contributed by atoms with Crippen LogP contribution >= 0.6 is 0 Å². The van der Waals surface area contributed by atoms with Gasteiger partial charge < -0.3 is 10.2 Å². The van der Waals surface area contributed by atoms with Gasteiger partial charge in [-0.15, -0.1) is 0 Å². The zero-order valence-corrected chi connectivity index (χ0v) is 13.2. The summed E-state index contributed by atoms with van der Waals surface area (Å²) in [6.45, 7) is 1.74. The predicted molar refractivity (Wildman–Crippen MR) is 91.1 cm³/mol. The Hall–Kier alpha value is -2.36. The Labute approximate surface area is 136 Å². The minimum Gasteiger partial charge on any atom is -0.340 e. The summed E-state index contributed by atoms with van der Waals surface area (Å²) in [6.07, 6.45) is 7.51. The van der Waals surface area contributed by atoms with Gasteiger partial charge in [0.1, 0.15) is 5.82 Å². The Bertz CT molecular complexity index is 718. The number of carbonyl (C=O) groups is 1. The van der Waals surface area contributed by atoms with Gasteiger partial charge in [0, 0.05) is 25.0 Å². The van der Waals surface area contributed by atoms with E-state index in [0.29, 0.717) is 5.56 Å². The molecule has 4 heteroatoms. The molecule has 1 aromatic heterocycles. The standard InChI is InChI=1S/C19H21N3O/c23-19(22-10-1-2-11-22)16-7-9-18(20-13-16)21-17-8-6-14-4-3-5-15(14)12-17/h6-9,12-13H,1-5,10-11H2,(H,20,21). The summed E-state index contributed by atoms with van der Waals surface area (Å²) < 4.78 is 0. The maximum Gasteiger partial charge on any atom is 0.255 e. The average molecular weight is 307 g/mol. The molecular weight excluding hydrogens is 286 g/mol. The lowest BCUT2D eigenvalue weighted by molar-refractivity contribution is 0.0792. The van der Waals surface area contributed by atoms with Crippen molar-refractivity contribution in [2.75, 3.05) is 18.4 Å². The highest BCUT2D eigenvalue weighted by atomic mass is 16.2. The van der Waals surface area contributed by atoms with E-state index in [0.717, 1.165) is 37.4 Å². The summed E-state index contributed by atoms with van der Waals surface area (Å²) in [5.74, 6) is 0.875. The molecule has 1 N–H and O–H groups in total. The van der Waals surface area contributed by atoms with Gasteiger partial charge in [-0.2, -0.15) is 0 Å². The molecule has 1 aliphatic heterocycles. The van der Waals surface area contributed by atoms with Crippen molar-refractivity contribution in [3.63, 3.8) is 0 Å². The predicted octanol–water partition coefficient (Wildman–Crippen LogP) is 3.55. The summed E-state index contributed by atoms with van der Waals surface area (Å²) in [5, 5.41) is 3.33. The van der Waals surface area contributed by atoms with E-state index >= 15 is 0 Å². The van der Waals surface area contributed by atoms with Crippen LogP contribution in [0.15, 0.2) is 36.5 Å². The molecule has 0 unspecified atom stereocenters. The third kappa shape index (κ3) is 2.93. The number of aryl methyl sites for hydroxylation is 2. The summed E-state index contributed by atoms with van der Waals surface area (Å²) >= 11 is 0. The number of benzene rings is 1. The second kappa shape index (κ2) is 6.03. The lowest BCUT2D eigenvalue weighted by Gasteiger charge is -2.15. The first-order chi connectivity index (χ1) is 11.3. The molecule has 23 heavy (non-hydrogen) atoms. The van der Waals surface area contributed by atoms with Crippen LogP contribution in [0.3, 0.4) is 0 Å². The summed E-state index contributed by atoms with van der Waals surface area (Å²) in [6, 6.07) is 10.3. The highest BCUT2D eigenvalue weighted by molar-refractivity contribution is 5.94. The number of carbonyl (C=O) groups excluding carboxylic acids is 1. The Kier molecular flexibility index (Phi) is 3.74. The van der Waals surface area contributed by atoms with Gasteiger partial charge in [0.2, 0.25) is 0 Å². The molecule has 0 atom stereocenters.